The standard InChI is InChI=1S/C29H33NO4/c1-2-34-24-14-8-11-21(18-24)26-25(28(32)29(33)30(26)23-12-4-3-5-13-23)27(31)22-16-15-19-9-6-7-10-20(19)17-22/h8,11,14-18,23,26,31H,2-7,9-10,12-13H2,1H3/b27-25-. The molecule has 5 rings (SSSR count). The van der Waals surface area contributed by atoms with Gasteiger partial charge in [-0.3, -0.25) is 9.59 Å². The first-order valence-corrected chi connectivity index (χ1v) is 12.7. The summed E-state index contributed by atoms with van der Waals surface area (Å²) < 4.78 is 5.72. The molecular weight excluding hydrogens is 426 g/mol. The van der Waals surface area contributed by atoms with E-state index in [2.05, 4.69) is 6.07 Å². The second-order valence-corrected chi connectivity index (χ2v) is 9.69. The predicted octanol–water partition coefficient (Wildman–Crippen LogP) is 5.72. The number of fused-ring (bicyclic) bond motifs is 1. The average molecular weight is 460 g/mol. The number of aliphatic hydroxyl groups is 1. The zero-order valence-corrected chi connectivity index (χ0v) is 19.9. The molecule has 5 heteroatoms. The summed E-state index contributed by atoms with van der Waals surface area (Å²) in [7, 11) is 0. The van der Waals surface area contributed by atoms with E-state index in [0.717, 1.165) is 56.9 Å². The number of ether oxygens (including phenoxy) is 1. The van der Waals surface area contributed by atoms with Gasteiger partial charge in [-0.2, -0.15) is 0 Å². The van der Waals surface area contributed by atoms with Gasteiger partial charge in [0.25, 0.3) is 11.7 Å². The molecule has 1 aliphatic heterocycles. The van der Waals surface area contributed by atoms with Gasteiger partial charge in [-0.1, -0.05) is 43.5 Å². The first kappa shape index (κ1) is 22.7. The van der Waals surface area contributed by atoms with Crippen molar-refractivity contribution in [2.75, 3.05) is 6.61 Å². The van der Waals surface area contributed by atoms with Crippen LogP contribution < -0.4 is 4.74 Å². The third kappa shape index (κ3) is 4.13. The number of rotatable bonds is 5. The summed E-state index contributed by atoms with van der Waals surface area (Å²) in [6.45, 7) is 2.46. The van der Waals surface area contributed by atoms with Crippen molar-refractivity contribution in [1.82, 2.24) is 4.90 Å². The van der Waals surface area contributed by atoms with E-state index >= 15 is 0 Å². The van der Waals surface area contributed by atoms with Crippen molar-refractivity contribution in [3.8, 4) is 5.75 Å². The summed E-state index contributed by atoms with van der Waals surface area (Å²) in [5, 5.41) is 11.5. The molecule has 5 nitrogen and oxygen atoms in total. The number of hydrogen-bond donors (Lipinski definition) is 1. The fraction of sp³-hybridized carbons (Fsp3) is 0.448. The minimum Gasteiger partial charge on any atom is -0.507 e. The summed E-state index contributed by atoms with van der Waals surface area (Å²) in [4.78, 5) is 28.5. The maximum atomic E-state index is 13.4. The molecule has 1 atom stereocenters. The third-order valence-electron chi connectivity index (χ3n) is 7.55. The average Bonchev–Trinajstić information content (AvgIpc) is 3.14. The molecule has 2 aliphatic carbocycles. The summed E-state index contributed by atoms with van der Waals surface area (Å²) in [6, 6.07) is 12.9. The van der Waals surface area contributed by atoms with Crippen molar-refractivity contribution in [3.63, 3.8) is 0 Å². The van der Waals surface area contributed by atoms with E-state index in [4.69, 9.17) is 4.74 Å². The van der Waals surface area contributed by atoms with Crippen LogP contribution in [0.5, 0.6) is 5.75 Å². The second kappa shape index (κ2) is 9.65. The molecule has 2 fully saturated rings. The monoisotopic (exact) mass is 459 g/mol. The Labute approximate surface area is 201 Å². The summed E-state index contributed by atoms with van der Waals surface area (Å²) >= 11 is 0. The fourth-order valence-electron chi connectivity index (χ4n) is 5.89. The Bertz CT molecular complexity index is 1130. The smallest absolute Gasteiger partial charge is 0.295 e. The first-order chi connectivity index (χ1) is 16.6. The lowest BCUT2D eigenvalue weighted by molar-refractivity contribution is -0.141. The second-order valence-electron chi connectivity index (χ2n) is 9.69. The number of carbonyl (C=O) groups excluding carboxylic acids is 2. The number of ketones is 1. The predicted molar refractivity (Wildman–Crippen MR) is 132 cm³/mol. The molecule has 1 saturated carbocycles. The van der Waals surface area contributed by atoms with E-state index in [0.29, 0.717) is 17.9 Å². The number of hydrogen-bond acceptors (Lipinski definition) is 4. The van der Waals surface area contributed by atoms with Crippen LogP contribution >= 0.6 is 0 Å². The van der Waals surface area contributed by atoms with Gasteiger partial charge in [-0.05, 0) is 80.3 Å². The third-order valence-corrected chi connectivity index (χ3v) is 7.55. The van der Waals surface area contributed by atoms with Gasteiger partial charge in [-0.15, -0.1) is 0 Å². The fourth-order valence-corrected chi connectivity index (χ4v) is 5.89. The molecule has 1 N–H and O–H groups in total. The van der Waals surface area contributed by atoms with Gasteiger partial charge in [0.15, 0.2) is 0 Å². The Hall–Kier alpha value is -3.08. The van der Waals surface area contributed by atoms with Crippen molar-refractivity contribution in [3.05, 3.63) is 70.3 Å². The Morgan fingerprint density at radius 2 is 1.74 bits per heavy atom. The van der Waals surface area contributed by atoms with Crippen molar-refractivity contribution in [1.29, 1.82) is 0 Å². The minimum absolute atomic E-state index is 0.000201. The van der Waals surface area contributed by atoms with Gasteiger partial charge < -0.3 is 14.7 Å². The molecule has 3 aliphatic rings. The van der Waals surface area contributed by atoms with E-state index in [-0.39, 0.29) is 17.4 Å². The SMILES string of the molecule is CCOc1cccc(C2/C(=C(/O)c3ccc4c(c3)CCCC4)C(=O)C(=O)N2C2CCCCC2)c1. The Kier molecular flexibility index (Phi) is 6.44. The van der Waals surface area contributed by atoms with Crippen molar-refractivity contribution >= 4 is 17.4 Å². The largest absolute Gasteiger partial charge is 0.507 e. The minimum atomic E-state index is -0.612. The van der Waals surface area contributed by atoms with Gasteiger partial charge in [0.2, 0.25) is 0 Å². The zero-order valence-electron chi connectivity index (χ0n) is 19.9. The molecule has 2 aromatic rings. The number of benzene rings is 2. The van der Waals surface area contributed by atoms with Crippen LogP contribution in [-0.2, 0) is 22.4 Å². The lowest BCUT2D eigenvalue weighted by atomic mass is 9.88. The quantitative estimate of drug-likeness (QED) is 0.353. The Morgan fingerprint density at radius 3 is 2.50 bits per heavy atom. The van der Waals surface area contributed by atoms with Crippen LogP contribution in [0.3, 0.4) is 0 Å². The van der Waals surface area contributed by atoms with Gasteiger partial charge in [0, 0.05) is 11.6 Å². The van der Waals surface area contributed by atoms with Crippen molar-refractivity contribution in [2.24, 2.45) is 0 Å². The van der Waals surface area contributed by atoms with E-state index in [1.807, 2.05) is 43.3 Å². The number of nitrogens with zero attached hydrogens (tertiary/aromatic N) is 1. The van der Waals surface area contributed by atoms with Gasteiger partial charge in [-0.25, -0.2) is 0 Å². The maximum Gasteiger partial charge on any atom is 0.295 e. The highest BCUT2D eigenvalue weighted by Crippen LogP contribution is 2.44. The number of likely N-dealkylation sites (tertiary alicyclic amines) is 1. The van der Waals surface area contributed by atoms with Crippen LogP contribution in [0.1, 0.15) is 80.2 Å². The van der Waals surface area contributed by atoms with Gasteiger partial charge in [0.05, 0.1) is 18.2 Å². The van der Waals surface area contributed by atoms with E-state index in [9.17, 15) is 14.7 Å². The lowest BCUT2D eigenvalue weighted by Crippen LogP contribution is -2.40. The molecule has 0 aromatic heterocycles. The molecule has 2 aromatic carbocycles. The highest BCUT2D eigenvalue weighted by molar-refractivity contribution is 6.46. The Morgan fingerprint density at radius 1 is 0.971 bits per heavy atom. The maximum absolute atomic E-state index is 13.4. The Balaban J connectivity index is 1.63. The number of Topliss-reactive ketones (excluding diaryl/α,β-unsaturated/α-hetero) is 1. The molecule has 1 amide bonds. The molecule has 1 heterocycles. The highest BCUT2D eigenvalue weighted by Gasteiger charge is 2.49. The summed E-state index contributed by atoms with van der Waals surface area (Å²) in [5.41, 5.74) is 4.15. The highest BCUT2D eigenvalue weighted by atomic mass is 16.5. The lowest BCUT2D eigenvalue weighted by Gasteiger charge is -2.35. The van der Waals surface area contributed by atoms with Crippen LogP contribution in [0.4, 0.5) is 0 Å². The van der Waals surface area contributed by atoms with Crippen LogP contribution in [0.25, 0.3) is 5.76 Å². The topological polar surface area (TPSA) is 66.8 Å². The first-order valence-electron chi connectivity index (χ1n) is 12.7. The van der Waals surface area contributed by atoms with Crippen LogP contribution in [-0.4, -0.2) is 34.3 Å². The molecule has 1 unspecified atom stereocenters. The van der Waals surface area contributed by atoms with E-state index < -0.39 is 17.7 Å². The molecule has 178 valence electrons. The van der Waals surface area contributed by atoms with Crippen LogP contribution in [0.2, 0.25) is 0 Å². The number of amides is 1. The molecule has 34 heavy (non-hydrogen) atoms. The zero-order chi connectivity index (χ0) is 23.7. The van der Waals surface area contributed by atoms with Crippen molar-refractivity contribution in [2.45, 2.75) is 76.8 Å². The summed E-state index contributed by atoms with van der Waals surface area (Å²) in [5.74, 6) is -0.467. The van der Waals surface area contributed by atoms with Crippen LogP contribution in [0, 0.1) is 0 Å². The molecule has 0 bridgehead atoms. The van der Waals surface area contributed by atoms with E-state index in [1.54, 1.807) is 4.90 Å². The van der Waals surface area contributed by atoms with E-state index in [1.165, 1.54) is 17.5 Å². The molecule has 1 saturated heterocycles. The van der Waals surface area contributed by atoms with Gasteiger partial charge in [0.1, 0.15) is 11.5 Å². The van der Waals surface area contributed by atoms with Gasteiger partial charge >= 0.3 is 0 Å². The summed E-state index contributed by atoms with van der Waals surface area (Å²) in [6.07, 6.45) is 9.35. The van der Waals surface area contributed by atoms with Crippen molar-refractivity contribution < 1.29 is 19.4 Å². The van der Waals surface area contributed by atoms with Crippen LogP contribution in [0.15, 0.2) is 48.0 Å². The number of carbonyl (C=O) groups is 2. The molecule has 0 spiro atoms. The normalized spacial score (nSPS) is 22.6. The molecular formula is C29H33NO4. The number of aliphatic hydroxyl groups excluding tert-OH is 1. The number of aryl methyl sites for hydroxylation is 2. The molecule has 0 radical (unpaired) electrons.